The van der Waals surface area contributed by atoms with Crippen LogP contribution in [-0.4, -0.2) is 10.3 Å². The lowest BCUT2D eigenvalue weighted by Gasteiger charge is -1.99. The molecule has 0 aliphatic rings. The van der Waals surface area contributed by atoms with E-state index in [1.54, 1.807) is 0 Å². The van der Waals surface area contributed by atoms with E-state index in [0.29, 0.717) is 4.58 Å². The Morgan fingerprint density at radius 3 is 2.62 bits per heavy atom. The second-order valence-electron chi connectivity index (χ2n) is 1.52. The van der Waals surface area contributed by atoms with E-state index < -0.39 is 0 Å². The molecule has 0 nitrogen and oxygen atoms in total. The highest BCUT2D eigenvalue weighted by Crippen LogP contribution is 2.28. The Hall–Kier alpha value is 1.05. The van der Waals surface area contributed by atoms with Gasteiger partial charge in [0.15, 0.2) is 0 Å². The molecule has 8 heavy (non-hydrogen) atoms. The van der Waals surface area contributed by atoms with Gasteiger partial charge in [-0.1, -0.05) is 28.5 Å². The zero-order valence-corrected chi connectivity index (χ0v) is 7.78. The van der Waals surface area contributed by atoms with E-state index in [9.17, 15) is 0 Å². The van der Waals surface area contributed by atoms with E-state index in [2.05, 4.69) is 26.5 Å². The molecule has 0 saturated heterocycles. The minimum Gasteiger partial charge on any atom is -0.164 e. The summed E-state index contributed by atoms with van der Waals surface area (Å²) in [6.07, 6.45) is 1.26. The summed E-state index contributed by atoms with van der Waals surface area (Å²) in [5.41, 5.74) is 0. The maximum Gasteiger partial charge on any atom is 0.0547 e. The molecular formula is C5H12S3. The molecule has 1 unspecified atom stereocenters. The van der Waals surface area contributed by atoms with Crippen LogP contribution in [0, 0.1) is 0 Å². The Kier molecular flexibility index (Phi) is 6.98. The quantitative estimate of drug-likeness (QED) is 0.296. The fourth-order valence-corrected chi connectivity index (χ4v) is 2.62. The molecule has 0 saturated carbocycles. The van der Waals surface area contributed by atoms with Crippen LogP contribution in [0.25, 0.3) is 0 Å². The van der Waals surface area contributed by atoms with Gasteiger partial charge in [0.2, 0.25) is 0 Å². The van der Waals surface area contributed by atoms with Crippen LogP contribution in [-0.2, 0) is 0 Å². The van der Waals surface area contributed by atoms with Crippen molar-refractivity contribution in [3.63, 3.8) is 0 Å². The zero-order chi connectivity index (χ0) is 6.41. The molecule has 50 valence electrons. The summed E-state index contributed by atoms with van der Waals surface area (Å²) in [7, 11) is 3.74. The third-order valence-corrected chi connectivity index (χ3v) is 4.00. The Bertz CT molecular complexity index is 44.9. The van der Waals surface area contributed by atoms with Crippen LogP contribution in [0.4, 0.5) is 0 Å². The normalized spacial score (nSPS) is 13.9. The van der Waals surface area contributed by atoms with Crippen LogP contribution < -0.4 is 0 Å². The fraction of sp³-hybridized carbons (Fsp3) is 1.00. The monoisotopic (exact) mass is 168 g/mol. The molecular weight excluding hydrogens is 156 g/mol. The molecule has 0 bridgehead atoms. The molecule has 0 aliphatic heterocycles. The molecule has 0 aromatic rings. The number of hydrogen-bond donors (Lipinski definition) is 1. The smallest absolute Gasteiger partial charge is 0.0547 e. The SMILES string of the molecule is CCCSSC(C)S. The fourth-order valence-electron chi connectivity index (χ4n) is 0.230. The Morgan fingerprint density at radius 1 is 1.62 bits per heavy atom. The van der Waals surface area contributed by atoms with E-state index in [4.69, 9.17) is 0 Å². The van der Waals surface area contributed by atoms with Crippen molar-refractivity contribution >= 4 is 34.2 Å². The standard InChI is InChI=1S/C5H12S3/c1-3-4-7-8-5(2)6/h5-6H,3-4H2,1-2H3. The maximum absolute atomic E-state index is 4.21. The van der Waals surface area contributed by atoms with Gasteiger partial charge in [0, 0.05) is 5.75 Å². The molecule has 1 atom stereocenters. The Morgan fingerprint density at radius 2 is 2.25 bits per heavy atom. The zero-order valence-electron chi connectivity index (χ0n) is 5.26. The summed E-state index contributed by atoms with van der Waals surface area (Å²) in [5, 5.41) is 0. The lowest BCUT2D eigenvalue weighted by atomic mass is 10.6. The average Bonchev–Trinajstić information content (AvgIpc) is 1.66. The van der Waals surface area contributed by atoms with Crippen LogP contribution in [0.5, 0.6) is 0 Å². The molecule has 0 spiro atoms. The van der Waals surface area contributed by atoms with Crippen molar-refractivity contribution in [1.29, 1.82) is 0 Å². The molecule has 0 amide bonds. The first-order valence-corrected chi connectivity index (χ1v) is 5.63. The van der Waals surface area contributed by atoms with Gasteiger partial charge in [0.25, 0.3) is 0 Å². The van der Waals surface area contributed by atoms with Crippen molar-refractivity contribution in [3.05, 3.63) is 0 Å². The van der Waals surface area contributed by atoms with Gasteiger partial charge in [-0.3, -0.25) is 0 Å². The predicted octanol–water partition coefficient (Wildman–Crippen LogP) is 3.05. The van der Waals surface area contributed by atoms with Gasteiger partial charge >= 0.3 is 0 Å². The van der Waals surface area contributed by atoms with Gasteiger partial charge in [0.1, 0.15) is 0 Å². The molecule has 0 fully saturated rings. The lowest BCUT2D eigenvalue weighted by Crippen LogP contribution is -1.77. The van der Waals surface area contributed by atoms with Crippen LogP contribution >= 0.6 is 34.2 Å². The van der Waals surface area contributed by atoms with E-state index >= 15 is 0 Å². The first-order chi connectivity index (χ1) is 3.77. The van der Waals surface area contributed by atoms with E-state index in [1.165, 1.54) is 12.2 Å². The second-order valence-corrected chi connectivity index (χ2v) is 5.47. The van der Waals surface area contributed by atoms with Gasteiger partial charge in [-0.25, -0.2) is 0 Å². The molecule has 0 aromatic heterocycles. The summed E-state index contributed by atoms with van der Waals surface area (Å²) < 4.78 is 0.478. The topological polar surface area (TPSA) is 0 Å². The summed E-state index contributed by atoms with van der Waals surface area (Å²) in [6, 6.07) is 0. The van der Waals surface area contributed by atoms with Crippen molar-refractivity contribution in [2.45, 2.75) is 24.9 Å². The van der Waals surface area contributed by atoms with Crippen molar-refractivity contribution in [2.75, 3.05) is 5.75 Å². The largest absolute Gasteiger partial charge is 0.164 e. The van der Waals surface area contributed by atoms with E-state index in [1.807, 2.05) is 21.6 Å². The van der Waals surface area contributed by atoms with E-state index in [-0.39, 0.29) is 0 Å². The third-order valence-electron chi connectivity index (χ3n) is 0.495. The third kappa shape index (κ3) is 7.05. The number of thiol groups is 1. The Labute approximate surface area is 65.0 Å². The number of rotatable bonds is 4. The van der Waals surface area contributed by atoms with Crippen molar-refractivity contribution in [1.82, 2.24) is 0 Å². The van der Waals surface area contributed by atoms with Crippen molar-refractivity contribution < 1.29 is 0 Å². The van der Waals surface area contributed by atoms with Gasteiger partial charge in [-0.2, -0.15) is 12.6 Å². The molecule has 0 N–H and O–H groups in total. The summed E-state index contributed by atoms with van der Waals surface area (Å²) in [6.45, 7) is 4.28. The molecule has 0 aromatic carbocycles. The minimum absolute atomic E-state index is 0.478. The van der Waals surface area contributed by atoms with Crippen LogP contribution in [0.3, 0.4) is 0 Å². The Balaban J connectivity index is 2.72. The van der Waals surface area contributed by atoms with Gasteiger partial charge < -0.3 is 0 Å². The van der Waals surface area contributed by atoms with Gasteiger partial charge in [-0.05, 0) is 13.3 Å². The summed E-state index contributed by atoms with van der Waals surface area (Å²) in [5.74, 6) is 1.25. The molecule has 0 aliphatic carbocycles. The second kappa shape index (κ2) is 6.17. The number of hydrogen-bond acceptors (Lipinski definition) is 3. The maximum atomic E-state index is 4.21. The molecule has 0 rings (SSSR count). The van der Waals surface area contributed by atoms with Gasteiger partial charge in [0.05, 0.1) is 4.58 Å². The molecule has 0 radical (unpaired) electrons. The molecule has 0 heterocycles. The van der Waals surface area contributed by atoms with Crippen LogP contribution in [0.2, 0.25) is 0 Å². The highest BCUT2D eigenvalue weighted by atomic mass is 33.1. The summed E-state index contributed by atoms with van der Waals surface area (Å²) >= 11 is 4.21. The highest BCUT2D eigenvalue weighted by molar-refractivity contribution is 8.78. The van der Waals surface area contributed by atoms with Crippen LogP contribution in [0.1, 0.15) is 20.3 Å². The molecule has 3 heteroatoms. The summed E-state index contributed by atoms with van der Waals surface area (Å²) in [4.78, 5) is 0. The lowest BCUT2D eigenvalue weighted by molar-refractivity contribution is 1.11. The average molecular weight is 168 g/mol. The van der Waals surface area contributed by atoms with Crippen molar-refractivity contribution in [3.8, 4) is 0 Å². The van der Waals surface area contributed by atoms with Gasteiger partial charge in [-0.15, -0.1) is 0 Å². The highest BCUT2D eigenvalue weighted by Gasteiger charge is 1.92. The van der Waals surface area contributed by atoms with E-state index in [0.717, 1.165) is 0 Å². The predicted molar refractivity (Wildman–Crippen MR) is 48.8 cm³/mol. The van der Waals surface area contributed by atoms with Crippen LogP contribution in [0.15, 0.2) is 0 Å². The minimum atomic E-state index is 0.478. The van der Waals surface area contributed by atoms with Crippen molar-refractivity contribution in [2.24, 2.45) is 0 Å². The first-order valence-electron chi connectivity index (χ1n) is 2.73. The first kappa shape index (κ1) is 9.05.